The molecule has 9 nitrogen and oxygen atoms in total. The van der Waals surface area contributed by atoms with E-state index < -0.39 is 26.5 Å². The molecule has 0 radical (unpaired) electrons. The quantitative estimate of drug-likeness (QED) is 0.0211. The van der Waals surface area contributed by atoms with Gasteiger partial charge in [0, 0.05) is 12.8 Å². The van der Waals surface area contributed by atoms with Gasteiger partial charge in [0.2, 0.25) is 0 Å². The van der Waals surface area contributed by atoms with Gasteiger partial charge in [0.15, 0.2) is 6.10 Å². The number of unbranched alkanes of at least 4 members (excludes halogenated alkanes) is 39. The molecule has 0 bridgehead atoms. The molecule has 0 aromatic carbocycles. The van der Waals surface area contributed by atoms with Crippen LogP contribution in [0.5, 0.6) is 0 Å². The lowest BCUT2D eigenvalue weighted by atomic mass is 10.0. The van der Waals surface area contributed by atoms with Gasteiger partial charge in [-0.05, 0) is 38.5 Å². The second kappa shape index (κ2) is 50.7. The van der Waals surface area contributed by atoms with Gasteiger partial charge in [0.25, 0.3) is 0 Å². The molecular weight excluding hydrogens is 870 g/mol. The highest BCUT2D eigenvalue weighted by Crippen LogP contribution is 2.43. The van der Waals surface area contributed by atoms with Crippen LogP contribution < -0.4 is 0 Å². The van der Waals surface area contributed by atoms with Gasteiger partial charge in [-0.2, -0.15) is 0 Å². The van der Waals surface area contributed by atoms with Crippen LogP contribution in [0.3, 0.4) is 0 Å². The van der Waals surface area contributed by atoms with Gasteiger partial charge >= 0.3 is 19.8 Å². The minimum Gasteiger partial charge on any atom is -0.462 e. The first kappa shape index (κ1) is 66.8. The van der Waals surface area contributed by atoms with E-state index in [1.807, 2.05) is 21.1 Å². The van der Waals surface area contributed by atoms with Crippen molar-refractivity contribution in [1.29, 1.82) is 0 Å². The van der Waals surface area contributed by atoms with Crippen molar-refractivity contribution in [2.75, 3.05) is 47.5 Å². The predicted molar refractivity (Wildman–Crippen MR) is 289 cm³/mol. The van der Waals surface area contributed by atoms with Gasteiger partial charge < -0.3 is 18.9 Å². The number of esters is 2. The van der Waals surface area contributed by atoms with E-state index in [2.05, 4.69) is 26.0 Å². The standard InChI is InChI=1S/C58H114NO8P/c1-6-8-10-12-13-14-15-16-17-18-19-20-21-22-23-24-25-26-27-28-29-30-31-32-33-34-35-36-37-38-39-40-41-42-43-44-45-47-49-51-58(61)67-56(54-64-57(60)50-48-46-11-9-7-2)55-66-68(62,63)65-53-52-59(3,4)5/h18-19,56H,6-17,20-55H2,1-5H3/p+1/b19-18-. The normalized spacial score (nSPS) is 13.3. The Kier molecular flexibility index (Phi) is 49.8. The zero-order valence-corrected chi connectivity index (χ0v) is 46.8. The molecule has 0 rings (SSSR count). The minimum absolute atomic E-state index is 0.0356. The first-order chi connectivity index (χ1) is 33.0. The van der Waals surface area contributed by atoms with Crippen LogP contribution in [0.25, 0.3) is 0 Å². The SMILES string of the molecule is CCCCCCCCCC/C=C\CCCCCCCCCCCCCCCCCCCCCCCCCCCCCC(=O)OC(COC(=O)CCCCCCC)COP(=O)(O)OCC[N+](C)(C)C. The molecule has 2 unspecified atom stereocenters. The zero-order chi connectivity index (χ0) is 49.9. The number of hydrogen-bond acceptors (Lipinski definition) is 7. The first-order valence-electron chi connectivity index (χ1n) is 29.4. The van der Waals surface area contributed by atoms with E-state index >= 15 is 0 Å². The molecule has 68 heavy (non-hydrogen) atoms. The Balaban J connectivity index is 3.68. The number of hydrogen-bond donors (Lipinski definition) is 1. The third-order valence-corrected chi connectivity index (χ3v) is 14.3. The maximum atomic E-state index is 12.7. The van der Waals surface area contributed by atoms with Crippen molar-refractivity contribution in [3.63, 3.8) is 0 Å². The molecule has 0 aliphatic heterocycles. The molecule has 0 aromatic rings. The summed E-state index contributed by atoms with van der Waals surface area (Å²) in [4.78, 5) is 35.1. The molecule has 404 valence electrons. The number of nitrogens with zero attached hydrogens (tertiary/aromatic N) is 1. The Labute approximate surface area is 422 Å². The Hall–Kier alpha value is -1.25. The minimum atomic E-state index is -4.36. The number of likely N-dealkylation sites (N-methyl/N-ethyl adjacent to an activating group) is 1. The van der Waals surface area contributed by atoms with Crippen molar-refractivity contribution in [3.8, 4) is 0 Å². The van der Waals surface area contributed by atoms with E-state index in [4.69, 9.17) is 18.5 Å². The summed E-state index contributed by atoms with van der Waals surface area (Å²) < 4.78 is 34.2. The molecule has 0 fully saturated rings. The number of ether oxygens (including phenoxy) is 2. The van der Waals surface area contributed by atoms with Crippen LogP contribution >= 0.6 is 7.82 Å². The van der Waals surface area contributed by atoms with Crippen LogP contribution in [-0.2, 0) is 32.7 Å². The summed E-state index contributed by atoms with van der Waals surface area (Å²) in [6.07, 6.45) is 59.6. The molecule has 10 heteroatoms. The van der Waals surface area contributed by atoms with E-state index in [-0.39, 0.29) is 32.0 Å². The van der Waals surface area contributed by atoms with Crippen molar-refractivity contribution in [1.82, 2.24) is 0 Å². The Morgan fingerprint density at radius 3 is 1.09 bits per heavy atom. The van der Waals surface area contributed by atoms with Gasteiger partial charge in [0.05, 0.1) is 27.7 Å². The van der Waals surface area contributed by atoms with Gasteiger partial charge in [-0.3, -0.25) is 18.6 Å². The molecule has 2 atom stereocenters. The average molecular weight is 986 g/mol. The number of phosphoric ester groups is 1. The predicted octanol–water partition coefficient (Wildman–Crippen LogP) is 18.0. The summed E-state index contributed by atoms with van der Waals surface area (Å²) in [6.45, 7) is 4.37. The highest BCUT2D eigenvalue weighted by atomic mass is 31.2. The van der Waals surface area contributed by atoms with Crippen molar-refractivity contribution < 1.29 is 42.1 Å². The van der Waals surface area contributed by atoms with E-state index in [9.17, 15) is 19.0 Å². The van der Waals surface area contributed by atoms with Gasteiger partial charge in [-0.15, -0.1) is 0 Å². The van der Waals surface area contributed by atoms with Crippen LogP contribution in [0.2, 0.25) is 0 Å². The topological polar surface area (TPSA) is 108 Å². The summed E-state index contributed by atoms with van der Waals surface area (Å²) in [5.41, 5.74) is 0. The van der Waals surface area contributed by atoms with E-state index in [0.29, 0.717) is 11.0 Å². The molecule has 0 amide bonds. The number of rotatable bonds is 55. The van der Waals surface area contributed by atoms with Gasteiger partial charge in [-0.1, -0.05) is 257 Å². The van der Waals surface area contributed by atoms with Crippen LogP contribution in [0.4, 0.5) is 0 Å². The third kappa shape index (κ3) is 54.1. The fourth-order valence-corrected chi connectivity index (χ4v) is 9.46. The number of carbonyl (C=O) groups excluding carboxylic acids is 2. The van der Waals surface area contributed by atoms with E-state index in [0.717, 1.165) is 51.4 Å². The lowest BCUT2D eigenvalue weighted by Gasteiger charge is -2.24. The second-order valence-electron chi connectivity index (χ2n) is 21.4. The number of allylic oxidation sites excluding steroid dienone is 2. The largest absolute Gasteiger partial charge is 0.472 e. The summed E-state index contributed by atoms with van der Waals surface area (Å²) in [5.74, 6) is -0.798. The Morgan fingerprint density at radius 2 is 0.750 bits per heavy atom. The lowest BCUT2D eigenvalue weighted by Crippen LogP contribution is -2.37. The molecule has 1 N–H and O–H groups in total. The molecule has 0 aliphatic rings. The Morgan fingerprint density at radius 1 is 0.441 bits per heavy atom. The van der Waals surface area contributed by atoms with Crippen LogP contribution in [0.15, 0.2) is 12.2 Å². The fourth-order valence-electron chi connectivity index (χ4n) is 8.72. The van der Waals surface area contributed by atoms with E-state index in [1.54, 1.807) is 0 Å². The summed E-state index contributed by atoms with van der Waals surface area (Å²) in [6, 6.07) is 0. The highest BCUT2D eigenvalue weighted by molar-refractivity contribution is 7.47. The summed E-state index contributed by atoms with van der Waals surface area (Å²) in [7, 11) is 1.49. The molecule has 0 saturated carbocycles. The first-order valence-corrected chi connectivity index (χ1v) is 30.9. The molecule has 0 aliphatic carbocycles. The maximum Gasteiger partial charge on any atom is 0.472 e. The molecule has 0 heterocycles. The van der Waals surface area contributed by atoms with Gasteiger partial charge in [0.1, 0.15) is 19.8 Å². The zero-order valence-electron chi connectivity index (χ0n) is 45.9. The van der Waals surface area contributed by atoms with Crippen LogP contribution in [0.1, 0.15) is 296 Å². The monoisotopic (exact) mass is 985 g/mol. The molecular formula is C58H115NO8P+. The number of carbonyl (C=O) groups is 2. The second-order valence-corrected chi connectivity index (χ2v) is 22.8. The molecule has 0 aromatic heterocycles. The van der Waals surface area contributed by atoms with Crippen LogP contribution in [-0.4, -0.2) is 74.9 Å². The molecule has 0 saturated heterocycles. The Bertz CT molecular complexity index is 1160. The van der Waals surface area contributed by atoms with Crippen molar-refractivity contribution >= 4 is 19.8 Å². The van der Waals surface area contributed by atoms with Crippen molar-refractivity contribution in [3.05, 3.63) is 12.2 Å². The van der Waals surface area contributed by atoms with E-state index in [1.165, 1.54) is 218 Å². The number of quaternary nitrogens is 1. The lowest BCUT2D eigenvalue weighted by molar-refractivity contribution is -0.870. The van der Waals surface area contributed by atoms with Crippen LogP contribution in [0, 0.1) is 0 Å². The fraction of sp³-hybridized carbons (Fsp3) is 0.931. The maximum absolute atomic E-state index is 12.7. The smallest absolute Gasteiger partial charge is 0.462 e. The summed E-state index contributed by atoms with van der Waals surface area (Å²) >= 11 is 0. The average Bonchev–Trinajstić information content (AvgIpc) is 3.30. The highest BCUT2D eigenvalue weighted by Gasteiger charge is 2.27. The van der Waals surface area contributed by atoms with Crippen molar-refractivity contribution in [2.24, 2.45) is 0 Å². The number of phosphoric acid groups is 1. The molecule has 0 spiro atoms. The van der Waals surface area contributed by atoms with Gasteiger partial charge in [-0.25, -0.2) is 4.57 Å². The third-order valence-electron chi connectivity index (χ3n) is 13.3. The summed E-state index contributed by atoms with van der Waals surface area (Å²) in [5, 5.41) is 0. The van der Waals surface area contributed by atoms with Crippen molar-refractivity contribution in [2.45, 2.75) is 302 Å².